The fourth-order valence-corrected chi connectivity index (χ4v) is 4.36. The number of pyridine rings is 2. The lowest BCUT2D eigenvalue weighted by molar-refractivity contribution is 0.171. The first-order valence-electron chi connectivity index (χ1n) is 10.5. The van der Waals surface area contributed by atoms with Crippen LogP contribution >= 0.6 is 35.4 Å². The third kappa shape index (κ3) is 5.22. The molecule has 3 heterocycles. The molecule has 0 spiro atoms. The summed E-state index contributed by atoms with van der Waals surface area (Å²) in [5.74, 6) is 1.76. The molecule has 0 bridgehead atoms. The van der Waals surface area contributed by atoms with Crippen LogP contribution in [0.2, 0.25) is 5.02 Å². The quantitative estimate of drug-likeness (QED) is 0.297. The van der Waals surface area contributed by atoms with Gasteiger partial charge in [-0.3, -0.25) is 4.57 Å². The Hall–Kier alpha value is -2.08. The summed E-state index contributed by atoms with van der Waals surface area (Å²) in [6, 6.07) is 14.5. The highest BCUT2D eigenvalue weighted by Crippen LogP contribution is 2.29. The van der Waals surface area contributed by atoms with Crippen LogP contribution in [0.25, 0.3) is 5.82 Å². The van der Waals surface area contributed by atoms with Gasteiger partial charge in [0.1, 0.15) is 22.3 Å². The van der Waals surface area contributed by atoms with Gasteiger partial charge in [-0.2, -0.15) is 0 Å². The standard InChI is InChI=1S/C24H25Cl2N3OS/c1-2-17-3-6-19(7-4-17)28-11-9-20(10-12-28)30-22-13-24(31)29(16-21(22)26)23-8-5-18(14-25)15-27-23/h3-8,13,15-16,20H,2,9-12,14H2,1H3. The second kappa shape index (κ2) is 10.0. The highest BCUT2D eigenvalue weighted by Gasteiger charge is 2.22. The molecule has 4 nitrogen and oxygen atoms in total. The molecular formula is C24H25Cl2N3OS. The van der Waals surface area contributed by atoms with E-state index in [1.165, 1.54) is 11.3 Å². The first kappa shape index (κ1) is 22.1. The van der Waals surface area contributed by atoms with Gasteiger partial charge in [0.05, 0.1) is 5.02 Å². The van der Waals surface area contributed by atoms with Gasteiger partial charge in [0, 0.05) is 56.0 Å². The molecule has 0 N–H and O–H groups in total. The summed E-state index contributed by atoms with van der Waals surface area (Å²) >= 11 is 17.9. The van der Waals surface area contributed by atoms with Gasteiger partial charge in [0.2, 0.25) is 0 Å². The number of piperidine rings is 1. The molecule has 1 aliphatic rings. The summed E-state index contributed by atoms with van der Waals surface area (Å²) in [4.78, 5) is 6.83. The number of halogens is 2. The average molecular weight is 474 g/mol. The van der Waals surface area contributed by atoms with Gasteiger partial charge in [-0.05, 0) is 35.7 Å². The maximum Gasteiger partial charge on any atom is 0.142 e. The monoisotopic (exact) mass is 473 g/mol. The highest BCUT2D eigenvalue weighted by molar-refractivity contribution is 7.71. The number of nitrogens with zero attached hydrogens (tertiary/aromatic N) is 3. The van der Waals surface area contributed by atoms with Gasteiger partial charge in [-0.25, -0.2) is 4.98 Å². The number of alkyl halides is 1. The van der Waals surface area contributed by atoms with Crippen molar-refractivity contribution >= 4 is 41.1 Å². The molecule has 4 rings (SSSR count). The molecule has 1 aliphatic heterocycles. The highest BCUT2D eigenvalue weighted by atomic mass is 35.5. The molecule has 0 unspecified atom stereocenters. The number of aryl methyl sites for hydroxylation is 1. The molecule has 0 aliphatic carbocycles. The van der Waals surface area contributed by atoms with E-state index < -0.39 is 0 Å². The van der Waals surface area contributed by atoms with Crippen LogP contribution in [0.15, 0.2) is 54.9 Å². The van der Waals surface area contributed by atoms with Crippen LogP contribution in [-0.2, 0) is 12.3 Å². The second-order valence-corrected chi connectivity index (χ2v) is 8.77. The van der Waals surface area contributed by atoms with E-state index in [1.54, 1.807) is 17.0 Å². The Labute approximate surface area is 198 Å². The number of anilines is 1. The molecule has 2 aromatic heterocycles. The summed E-state index contributed by atoms with van der Waals surface area (Å²) in [5, 5.41) is 0.523. The minimum Gasteiger partial charge on any atom is -0.489 e. The zero-order chi connectivity index (χ0) is 21.8. The number of aromatic nitrogens is 2. The fraction of sp³-hybridized carbons (Fsp3) is 0.333. The van der Waals surface area contributed by atoms with Crippen LogP contribution < -0.4 is 9.64 Å². The molecule has 7 heteroatoms. The zero-order valence-electron chi connectivity index (χ0n) is 17.4. The summed E-state index contributed by atoms with van der Waals surface area (Å²) in [5.41, 5.74) is 3.59. The van der Waals surface area contributed by atoms with Gasteiger partial charge < -0.3 is 9.64 Å². The van der Waals surface area contributed by atoms with E-state index in [2.05, 4.69) is 41.1 Å². The van der Waals surface area contributed by atoms with Crippen LogP contribution in [0, 0.1) is 4.64 Å². The van der Waals surface area contributed by atoms with E-state index in [0.717, 1.165) is 37.9 Å². The molecule has 1 saturated heterocycles. The van der Waals surface area contributed by atoms with Gasteiger partial charge in [-0.1, -0.05) is 48.9 Å². The van der Waals surface area contributed by atoms with Crippen molar-refractivity contribution in [2.24, 2.45) is 0 Å². The lowest BCUT2D eigenvalue weighted by atomic mass is 10.1. The predicted molar refractivity (Wildman–Crippen MR) is 131 cm³/mol. The SMILES string of the molecule is CCc1ccc(N2CCC(Oc3cc(=S)n(-c4ccc(CCl)cn4)cc3Cl)CC2)cc1. The molecule has 31 heavy (non-hydrogen) atoms. The van der Waals surface area contributed by atoms with Crippen molar-refractivity contribution in [1.29, 1.82) is 0 Å². The fourth-order valence-electron chi connectivity index (χ4n) is 3.75. The normalized spacial score (nSPS) is 14.6. The lowest BCUT2D eigenvalue weighted by Gasteiger charge is -2.34. The van der Waals surface area contributed by atoms with E-state index in [4.69, 9.17) is 40.2 Å². The topological polar surface area (TPSA) is 30.3 Å². The molecule has 0 saturated carbocycles. The number of ether oxygens (including phenoxy) is 1. The predicted octanol–water partition coefficient (Wildman–Crippen LogP) is 6.60. The zero-order valence-corrected chi connectivity index (χ0v) is 19.8. The van der Waals surface area contributed by atoms with Gasteiger partial charge >= 0.3 is 0 Å². The first-order chi connectivity index (χ1) is 15.1. The van der Waals surface area contributed by atoms with Gasteiger partial charge in [-0.15, -0.1) is 11.6 Å². The molecule has 3 aromatic rings. The molecule has 0 atom stereocenters. The Balaban J connectivity index is 1.41. The Kier molecular flexibility index (Phi) is 7.16. The van der Waals surface area contributed by atoms with Crippen molar-refractivity contribution < 1.29 is 4.74 Å². The van der Waals surface area contributed by atoms with Crippen molar-refractivity contribution in [1.82, 2.24) is 9.55 Å². The Morgan fingerprint density at radius 1 is 1.10 bits per heavy atom. The smallest absolute Gasteiger partial charge is 0.142 e. The number of hydrogen-bond donors (Lipinski definition) is 0. The summed E-state index contributed by atoms with van der Waals surface area (Å²) in [7, 11) is 0. The van der Waals surface area contributed by atoms with Gasteiger partial charge in [0.25, 0.3) is 0 Å². The van der Waals surface area contributed by atoms with Crippen LogP contribution in [0.3, 0.4) is 0 Å². The Morgan fingerprint density at radius 3 is 2.42 bits per heavy atom. The van der Waals surface area contributed by atoms with Crippen LogP contribution in [0.4, 0.5) is 5.69 Å². The van der Waals surface area contributed by atoms with Crippen molar-refractivity contribution in [3.8, 4) is 11.6 Å². The Bertz CT molecular complexity index is 1080. The average Bonchev–Trinajstić information content (AvgIpc) is 2.82. The summed E-state index contributed by atoms with van der Waals surface area (Å²) in [6.45, 7) is 4.09. The summed E-state index contributed by atoms with van der Waals surface area (Å²) < 4.78 is 8.62. The van der Waals surface area contributed by atoms with Crippen molar-refractivity contribution in [2.75, 3.05) is 18.0 Å². The van der Waals surface area contributed by atoms with Crippen molar-refractivity contribution in [3.63, 3.8) is 0 Å². The van der Waals surface area contributed by atoms with E-state index in [1.807, 2.05) is 18.2 Å². The third-order valence-corrected chi connectivity index (χ3v) is 6.53. The number of hydrogen-bond acceptors (Lipinski definition) is 4. The third-order valence-electron chi connectivity index (χ3n) is 5.63. The number of benzene rings is 1. The minimum absolute atomic E-state index is 0.120. The maximum absolute atomic E-state index is 6.53. The molecule has 162 valence electrons. The van der Waals surface area contributed by atoms with Gasteiger partial charge in [0.15, 0.2) is 0 Å². The van der Waals surface area contributed by atoms with E-state index in [-0.39, 0.29) is 6.10 Å². The van der Waals surface area contributed by atoms with Crippen LogP contribution in [0.1, 0.15) is 30.9 Å². The molecular weight excluding hydrogens is 449 g/mol. The molecule has 0 radical (unpaired) electrons. The largest absolute Gasteiger partial charge is 0.489 e. The van der Waals surface area contributed by atoms with Crippen molar-refractivity contribution in [2.45, 2.75) is 38.2 Å². The van der Waals surface area contributed by atoms with Crippen LogP contribution in [0.5, 0.6) is 5.75 Å². The molecule has 0 amide bonds. The summed E-state index contributed by atoms with van der Waals surface area (Å²) in [6.07, 6.45) is 6.57. The molecule has 1 aromatic carbocycles. The van der Waals surface area contributed by atoms with E-state index in [9.17, 15) is 0 Å². The maximum atomic E-state index is 6.53. The lowest BCUT2D eigenvalue weighted by Crippen LogP contribution is -2.38. The Morgan fingerprint density at radius 2 is 1.81 bits per heavy atom. The molecule has 1 fully saturated rings. The minimum atomic E-state index is 0.120. The number of rotatable bonds is 6. The van der Waals surface area contributed by atoms with E-state index >= 15 is 0 Å². The van der Waals surface area contributed by atoms with E-state index in [0.29, 0.717) is 27.1 Å². The van der Waals surface area contributed by atoms with Crippen molar-refractivity contribution in [3.05, 3.63) is 75.6 Å². The first-order valence-corrected chi connectivity index (χ1v) is 11.8. The van der Waals surface area contributed by atoms with Crippen LogP contribution in [-0.4, -0.2) is 28.7 Å². The second-order valence-electron chi connectivity index (χ2n) is 7.68.